The molecule has 0 bridgehead atoms. The predicted octanol–water partition coefficient (Wildman–Crippen LogP) is 5.04. The third-order valence-corrected chi connectivity index (χ3v) is 9.03. The van der Waals surface area contributed by atoms with Crippen molar-refractivity contribution in [1.82, 2.24) is 24.6 Å². The van der Waals surface area contributed by atoms with Gasteiger partial charge in [0.05, 0.1) is 12.1 Å². The van der Waals surface area contributed by atoms with Crippen molar-refractivity contribution in [3.8, 4) is 0 Å². The Labute approximate surface area is 240 Å². The van der Waals surface area contributed by atoms with Gasteiger partial charge in [-0.3, -0.25) is 9.69 Å². The van der Waals surface area contributed by atoms with E-state index < -0.39 is 41.8 Å². The van der Waals surface area contributed by atoms with E-state index >= 15 is 0 Å². The normalized spacial score (nSPS) is 22.3. The Morgan fingerprint density at radius 2 is 1.83 bits per heavy atom. The molecule has 0 spiro atoms. The van der Waals surface area contributed by atoms with Crippen LogP contribution < -0.4 is 4.90 Å². The third-order valence-electron chi connectivity index (χ3n) is 9.03. The molecule has 0 N–H and O–H groups in total. The molecule has 3 heterocycles. The topological polar surface area (TPSA) is 57.5 Å². The van der Waals surface area contributed by atoms with Crippen molar-refractivity contribution in [1.29, 1.82) is 0 Å². The van der Waals surface area contributed by atoms with Crippen LogP contribution in [0.15, 0.2) is 42.7 Å². The zero-order chi connectivity index (χ0) is 30.0. The Bertz CT molecular complexity index is 1510. The number of aromatic nitrogens is 3. The van der Waals surface area contributed by atoms with E-state index in [2.05, 4.69) is 20.0 Å². The van der Waals surface area contributed by atoms with Crippen molar-refractivity contribution in [2.75, 3.05) is 31.6 Å². The number of halogens is 5. The fraction of sp³-hybridized carbons (Fsp3) is 0.500. The van der Waals surface area contributed by atoms with E-state index in [4.69, 9.17) is 0 Å². The summed E-state index contributed by atoms with van der Waals surface area (Å²) in [5.41, 5.74) is -0.337. The number of carbonyl (C=O) groups excluding carboxylic acids is 1. The van der Waals surface area contributed by atoms with Gasteiger partial charge in [0, 0.05) is 75.2 Å². The number of amides is 1. The number of aryl methyl sites for hydroxylation is 1. The molecular weight excluding hydrogens is 555 g/mol. The van der Waals surface area contributed by atoms with Crippen LogP contribution in [0.4, 0.5) is 27.6 Å². The van der Waals surface area contributed by atoms with Crippen molar-refractivity contribution in [3.05, 3.63) is 76.4 Å². The lowest BCUT2D eigenvalue weighted by Crippen LogP contribution is -2.51. The molecular formula is C30H33F5N6O. The summed E-state index contributed by atoms with van der Waals surface area (Å²) in [5.74, 6) is -2.81. The van der Waals surface area contributed by atoms with Crippen molar-refractivity contribution < 1.29 is 26.7 Å². The molecule has 3 aromatic rings. The summed E-state index contributed by atoms with van der Waals surface area (Å²) < 4.78 is 73.2. The number of benzene rings is 2. The van der Waals surface area contributed by atoms with E-state index in [0.717, 1.165) is 19.6 Å². The van der Waals surface area contributed by atoms with Gasteiger partial charge in [-0.15, -0.1) is 10.2 Å². The number of piperazine rings is 1. The van der Waals surface area contributed by atoms with Crippen LogP contribution in [-0.4, -0.2) is 69.1 Å². The van der Waals surface area contributed by atoms with Gasteiger partial charge < -0.3 is 14.4 Å². The Balaban J connectivity index is 1.32. The van der Waals surface area contributed by atoms with Gasteiger partial charge in [0.15, 0.2) is 0 Å². The van der Waals surface area contributed by atoms with E-state index in [1.165, 1.54) is 17.3 Å². The summed E-state index contributed by atoms with van der Waals surface area (Å²) in [6.07, 6.45) is -3.69. The molecule has 1 saturated carbocycles. The molecule has 0 radical (unpaired) electrons. The van der Waals surface area contributed by atoms with Crippen LogP contribution in [0.1, 0.15) is 58.2 Å². The molecule has 224 valence electrons. The summed E-state index contributed by atoms with van der Waals surface area (Å²) in [4.78, 5) is 19.3. The fourth-order valence-electron chi connectivity index (χ4n) is 6.81. The van der Waals surface area contributed by atoms with Crippen LogP contribution in [0.5, 0.6) is 0 Å². The molecule has 2 aliphatic heterocycles. The number of alkyl halides is 5. The average molecular weight is 589 g/mol. The minimum Gasteiger partial charge on any atom is -0.321 e. The molecule has 2 fully saturated rings. The van der Waals surface area contributed by atoms with Crippen LogP contribution in [0, 0.1) is 0 Å². The Hall–Kier alpha value is -3.38. The number of anilines is 1. The minimum absolute atomic E-state index is 0.0379. The fourth-order valence-corrected chi connectivity index (χ4v) is 6.81. The first-order valence-corrected chi connectivity index (χ1v) is 14.0. The summed E-state index contributed by atoms with van der Waals surface area (Å²) in [7, 11) is 3.76. The Morgan fingerprint density at radius 3 is 2.48 bits per heavy atom. The molecule has 1 aliphatic carbocycles. The second-order valence-corrected chi connectivity index (χ2v) is 12.2. The summed E-state index contributed by atoms with van der Waals surface area (Å²) in [6.45, 7) is 4.45. The second-order valence-electron chi connectivity index (χ2n) is 12.2. The maximum atomic E-state index is 14.3. The highest BCUT2D eigenvalue weighted by Gasteiger charge is 2.57. The SMILES string of the molecule is C[C@H]1CN(C)CCN1Cc1cc2c(c(C(F)(F)F)c1)CN(c1cccc(C3(Cc4nncn4C)CC(F)(F)C3)c1)C2=O. The van der Waals surface area contributed by atoms with E-state index in [1.807, 2.05) is 14.0 Å². The largest absolute Gasteiger partial charge is 0.416 e. The minimum atomic E-state index is -4.64. The molecule has 7 nitrogen and oxygen atoms in total. The Kier molecular flexibility index (Phi) is 6.92. The lowest BCUT2D eigenvalue weighted by Gasteiger charge is -2.48. The zero-order valence-electron chi connectivity index (χ0n) is 23.8. The van der Waals surface area contributed by atoms with E-state index in [-0.39, 0.29) is 30.1 Å². The van der Waals surface area contributed by atoms with Gasteiger partial charge in [0.25, 0.3) is 5.91 Å². The molecule has 0 unspecified atom stereocenters. The van der Waals surface area contributed by atoms with Gasteiger partial charge in [-0.1, -0.05) is 12.1 Å². The standard InChI is InChI=1S/C30H33F5N6O/c1-19-13-38(2)7-8-40(19)14-20-9-23-24(25(10-20)30(33,34)35)15-41(27(23)42)22-6-4-5-21(11-22)28(16-29(31,32)17-28)12-26-37-36-18-39(26)3/h4-6,9-11,18-19H,7-8,12-17H2,1-3H3/t19-/m0/s1. The van der Waals surface area contributed by atoms with Crippen LogP contribution in [0.2, 0.25) is 0 Å². The van der Waals surface area contributed by atoms with E-state index in [0.29, 0.717) is 29.2 Å². The van der Waals surface area contributed by atoms with E-state index in [1.54, 1.807) is 41.9 Å². The monoisotopic (exact) mass is 588 g/mol. The van der Waals surface area contributed by atoms with Crippen molar-refractivity contribution in [2.45, 2.75) is 62.8 Å². The van der Waals surface area contributed by atoms with Crippen molar-refractivity contribution in [3.63, 3.8) is 0 Å². The molecule has 3 aliphatic rings. The molecule has 1 amide bonds. The lowest BCUT2D eigenvalue weighted by atomic mass is 9.60. The van der Waals surface area contributed by atoms with Gasteiger partial charge in [-0.2, -0.15) is 13.2 Å². The predicted molar refractivity (Wildman–Crippen MR) is 146 cm³/mol. The van der Waals surface area contributed by atoms with E-state index in [9.17, 15) is 26.7 Å². The van der Waals surface area contributed by atoms with Crippen molar-refractivity contribution >= 4 is 11.6 Å². The molecule has 1 atom stereocenters. The molecule has 1 saturated heterocycles. The van der Waals surface area contributed by atoms with Gasteiger partial charge in [-0.25, -0.2) is 8.78 Å². The summed E-state index contributed by atoms with van der Waals surface area (Å²) in [5, 5.41) is 7.94. The highest BCUT2D eigenvalue weighted by Crippen LogP contribution is 2.55. The van der Waals surface area contributed by atoms with Crippen LogP contribution in [0.3, 0.4) is 0 Å². The lowest BCUT2D eigenvalue weighted by molar-refractivity contribution is -0.138. The number of nitrogens with zero attached hydrogens (tertiary/aromatic N) is 6. The van der Waals surface area contributed by atoms with Gasteiger partial charge >= 0.3 is 6.18 Å². The molecule has 2 aromatic carbocycles. The summed E-state index contributed by atoms with van der Waals surface area (Å²) in [6, 6.07) is 9.62. The number of hydrogen-bond acceptors (Lipinski definition) is 5. The zero-order valence-corrected chi connectivity index (χ0v) is 23.8. The second kappa shape index (κ2) is 10.1. The molecule has 12 heteroatoms. The molecule has 6 rings (SSSR count). The van der Waals surface area contributed by atoms with Crippen LogP contribution >= 0.6 is 0 Å². The van der Waals surface area contributed by atoms with Crippen LogP contribution in [0.25, 0.3) is 0 Å². The Morgan fingerprint density at radius 1 is 1.07 bits per heavy atom. The smallest absolute Gasteiger partial charge is 0.321 e. The third kappa shape index (κ3) is 5.19. The highest BCUT2D eigenvalue weighted by molar-refractivity contribution is 6.10. The first kappa shape index (κ1) is 28.7. The highest BCUT2D eigenvalue weighted by atomic mass is 19.4. The van der Waals surface area contributed by atoms with Crippen LogP contribution in [-0.2, 0) is 38.1 Å². The number of rotatable bonds is 6. The van der Waals surface area contributed by atoms with Gasteiger partial charge in [0.1, 0.15) is 12.2 Å². The van der Waals surface area contributed by atoms with Gasteiger partial charge in [0.2, 0.25) is 5.92 Å². The first-order valence-electron chi connectivity index (χ1n) is 14.0. The molecule has 1 aromatic heterocycles. The number of likely N-dealkylation sites (N-methyl/N-ethyl adjacent to an activating group) is 1. The van der Waals surface area contributed by atoms with Gasteiger partial charge in [-0.05, 0) is 54.9 Å². The molecule has 42 heavy (non-hydrogen) atoms. The maximum absolute atomic E-state index is 14.3. The average Bonchev–Trinajstić information content (AvgIpc) is 3.45. The van der Waals surface area contributed by atoms with Crippen molar-refractivity contribution in [2.24, 2.45) is 7.05 Å². The summed E-state index contributed by atoms with van der Waals surface area (Å²) >= 11 is 0. The quantitative estimate of drug-likeness (QED) is 0.378. The number of hydrogen-bond donors (Lipinski definition) is 0. The maximum Gasteiger partial charge on any atom is 0.416 e. The number of carbonyl (C=O) groups is 1. The first-order chi connectivity index (χ1) is 19.7. The number of fused-ring (bicyclic) bond motifs is 1.